The van der Waals surface area contributed by atoms with Gasteiger partial charge in [-0.1, -0.05) is 182 Å². The van der Waals surface area contributed by atoms with Crippen molar-refractivity contribution in [2.45, 2.75) is 15.2 Å². The molecule has 0 aromatic heterocycles. The number of hydrogen-bond acceptors (Lipinski definition) is 3. The van der Waals surface area contributed by atoms with Gasteiger partial charge >= 0.3 is 0 Å². The van der Waals surface area contributed by atoms with Gasteiger partial charge < -0.3 is 9.64 Å². The van der Waals surface area contributed by atoms with Gasteiger partial charge in [0, 0.05) is 26.6 Å². The Kier molecular flexibility index (Phi) is 7.74. The number of nitrogens with zero attached hydrogens (tertiary/aromatic N) is 1. The molecule has 278 valence electrons. The fourth-order valence-corrected chi connectivity index (χ4v) is 16.7. The Morgan fingerprint density at radius 2 is 0.864 bits per heavy atom. The minimum absolute atomic E-state index is 0.633. The zero-order valence-corrected chi connectivity index (χ0v) is 33.9. The van der Waals surface area contributed by atoms with Gasteiger partial charge in [-0.3, -0.25) is 0 Å². The first kappa shape index (κ1) is 34.2. The summed E-state index contributed by atoms with van der Waals surface area (Å²) in [4.78, 5) is 4.91. The Labute approximate surface area is 350 Å². The van der Waals surface area contributed by atoms with E-state index < -0.39 is 13.5 Å². The first-order chi connectivity index (χ1) is 29.3. The third-order valence-corrected chi connectivity index (χ3v) is 18.7. The summed E-state index contributed by atoms with van der Waals surface area (Å²) in [7, 11) is -2.83. The van der Waals surface area contributed by atoms with Crippen molar-refractivity contribution in [2.75, 3.05) is 4.90 Å². The monoisotopic (exact) mass is 787 g/mol. The number of ether oxygens (including phenoxy) is 1. The average Bonchev–Trinajstić information content (AvgIpc) is 3.31. The molecule has 0 bridgehead atoms. The van der Waals surface area contributed by atoms with E-state index in [1.165, 1.54) is 58.6 Å². The molecule has 0 unspecified atom stereocenters. The maximum Gasteiger partial charge on any atom is 0.180 e. The molecule has 0 saturated heterocycles. The van der Waals surface area contributed by atoms with Crippen molar-refractivity contribution < 1.29 is 4.74 Å². The summed E-state index contributed by atoms with van der Waals surface area (Å²) < 4.78 is 6.91. The third-order valence-electron chi connectivity index (χ3n) is 12.7. The van der Waals surface area contributed by atoms with Crippen molar-refractivity contribution >= 4 is 57.6 Å². The number of benzene rings is 9. The second kappa shape index (κ2) is 13.4. The predicted octanol–water partition coefficient (Wildman–Crippen LogP) is 11.5. The van der Waals surface area contributed by atoms with Crippen LogP contribution in [0.1, 0.15) is 22.3 Å². The van der Waals surface area contributed by atoms with Gasteiger partial charge in [0.05, 0.1) is 16.8 Å². The van der Waals surface area contributed by atoms with Gasteiger partial charge in [0.1, 0.15) is 11.5 Å². The highest BCUT2D eigenvalue weighted by atomic mass is 32.2. The fraction of sp³-hybridized carbons (Fsp3) is 0.0182. The molecule has 0 saturated carbocycles. The van der Waals surface area contributed by atoms with E-state index in [1.807, 2.05) is 11.8 Å². The lowest BCUT2D eigenvalue weighted by atomic mass is 9.63. The molecule has 59 heavy (non-hydrogen) atoms. The Hall–Kier alpha value is -6.85. The maximum absolute atomic E-state index is 6.91. The molecule has 0 amide bonds. The normalized spacial score (nSPS) is 14.7. The molecule has 3 heterocycles. The largest absolute Gasteiger partial charge is 0.457 e. The van der Waals surface area contributed by atoms with Crippen molar-refractivity contribution in [3.05, 3.63) is 247 Å². The number of hydrogen-bond donors (Lipinski definition) is 0. The van der Waals surface area contributed by atoms with E-state index in [4.69, 9.17) is 4.74 Å². The van der Waals surface area contributed by atoms with Crippen LogP contribution in [0.3, 0.4) is 0 Å². The van der Waals surface area contributed by atoms with Crippen molar-refractivity contribution in [2.24, 2.45) is 0 Å². The van der Waals surface area contributed by atoms with E-state index in [2.05, 4.69) is 229 Å². The molecule has 9 aromatic rings. The molecule has 4 heteroatoms. The quantitative estimate of drug-likeness (QED) is 0.165. The highest BCUT2D eigenvalue weighted by molar-refractivity contribution is 7.99. The molecule has 0 fully saturated rings. The van der Waals surface area contributed by atoms with Crippen molar-refractivity contribution in [3.8, 4) is 22.6 Å². The van der Waals surface area contributed by atoms with Crippen molar-refractivity contribution in [1.82, 2.24) is 0 Å². The SMILES string of the molecule is c1ccc([Si]2(c3ccccc3)c3ccccc3C3(c4ccccc4Oc4ccc(-c5ccc(N6c7ccccc7Sc7ccccc76)cc5)cc43)c3ccccc32)cc1. The predicted molar refractivity (Wildman–Crippen MR) is 246 cm³/mol. The van der Waals surface area contributed by atoms with Gasteiger partial charge in [0.25, 0.3) is 0 Å². The maximum atomic E-state index is 6.91. The summed E-state index contributed by atoms with van der Waals surface area (Å²) in [6, 6.07) is 83.2. The van der Waals surface area contributed by atoms with Crippen molar-refractivity contribution in [3.63, 3.8) is 0 Å². The van der Waals surface area contributed by atoms with Crippen LogP contribution in [0.5, 0.6) is 11.5 Å². The standard InChI is InChI=1S/C55H37NOSSi/c1-3-17-41(18-4-1)59(42-19-5-2-6-20-42)53-29-15-8-22-44(53)55(45-23-9-16-30-54(45)59)43-21-7-12-26-49(43)57-50-36-33-39(37-46(50)55)38-31-34-40(35-32-38)56-47-24-10-13-27-51(47)58-52-28-14-11-25-48(52)56/h1-37H. The lowest BCUT2D eigenvalue weighted by Crippen LogP contribution is -2.79. The zero-order chi connectivity index (χ0) is 39.0. The summed E-state index contributed by atoms with van der Waals surface area (Å²) in [5.74, 6) is 1.79. The number of fused-ring (bicyclic) bond motifs is 10. The zero-order valence-electron chi connectivity index (χ0n) is 32.1. The lowest BCUT2D eigenvalue weighted by molar-refractivity contribution is 0.435. The van der Waals surface area contributed by atoms with Crippen LogP contribution in [0.2, 0.25) is 0 Å². The first-order valence-electron chi connectivity index (χ1n) is 20.3. The molecular weight excluding hydrogens is 751 g/mol. The number of para-hydroxylation sites is 3. The van der Waals surface area contributed by atoms with E-state index in [9.17, 15) is 0 Å². The first-order valence-corrected chi connectivity index (χ1v) is 23.1. The molecule has 9 aromatic carbocycles. The van der Waals surface area contributed by atoms with E-state index in [1.54, 1.807) is 0 Å². The van der Waals surface area contributed by atoms with Crippen LogP contribution >= 0.6 is 11.8 Å². The Bertz CT molecular complexity index is 2940. The fourth-order valence-electron chi connectivity index (χ4n) is 10.3. The molecule has 0 N–H and O–H groups in total. The molecule has 0 radical (unpaired) electrons. The molecule has 3 aliphatic rings. The Morgan fingerprint density at radius 1 is 0.390 bits per heavy atom. The summed E-state index contributed by atoms with van der Waals surface area (Å²) in [5, 5.41) is 5.59. The van der Waals surface area contributed by atoms with E-state index in [0.29, 0.717) is 0 Å². The van der Waals surface area contributed by atoms with Crippen LogP contribution in [0.15, 0.2) is 234 Å². The molecule has 1 spiro atoms. The topological polar surface area (TPSA) is 12.5 Å². The van der Waals surface area contributed by atoms with Gasteiger partial charge in [-0.2, -0.15) is 0 Å². The van der Waals surface area contributed by atoms with Gasteiger partial charge in [0.15, 0.2) is 8.07 Å². The molecule has 12 rings (SSSR count). The Balaban J connectivity index is 1.09. The minimum Gasteiger partial charge on any atom is -0.457 e. The second-order valence-corrected chi connectivity index (χ2v) is 20.4. The second-order valence-electron chi connectivity index (χ2n) is 15.6. The van der Waals surface area contributed by atoms with Gasteiger partial charge in [0.2, 0.25) is 0 Å². The molecule has 3 aliphatic heterocycles. The van der Waals surface area contributed by atoms with Crippen LogP contribution < -0.4 is 30.4 Å². The Morgan fingerprint density at radius 3 is 1.47 bits per heavy atom. The molecule has 0 atom stereocenters. The van der Waals surface area contributed by atoms with Crippen LogP contribution in [0, 0.1) is 0 Å². The van der Waals surface area contributed by atoms with Gasteiger partial charge in [-0.15, -0.1) is 0 Å². The molecule has 0 aliphatic carbocycles. The van der Waals surface area contributed by atoms with Gasteiger partial charge in [-0.25, -0.2) is 0 Å². The van der Waals surface area contributed by atoms with Crippen LogP contribution in [-0.2, 0) is 5.41 Å². The van der Waals surface area contributed by atoms with E-state index >= 15 is 0 Å². The highest BCUT2D eigenvalue weighted by Gasteiger charge is 2.57. The lowest BCUT2D eigenvalue weighted by Gasteiger charge is -2.51. The van der Waals surface area contributed by atoms with Crippen LogP contribution in [0.4, 0.5) is 17.1 Å². The van der Waals surface area contributed by atoms with E-state index in [0.717, 1.165) is 33.9 Å². The molecular formula is C55H37NOSSi. The minimum atomic E-state index is -2.83. The molecule has 2 nitrogen and oxygen atoms in total. The van der Waals surface area contributed by atoms with Gasteiger partial charge in [-0.05, 0) is 97.6 Å². The average molecular weight is 788 g/mol. The van der Waals surface area contributed by atoms with E-state index in [-0.39, 0.29) is 0 Å². The van der Waals surface area contributed by atoms with Crippen molar-refractivity contribution in [1.29, 1.82) is 0 Å². The highest BCUT2D eigenvalue weighted by Crippen LogP contribution is 2.57. The summed E-state index contributed by atoms with van der Waals surface area (Å²) >= 11 is 1.84. The smallest absolute Gasteiger partial charge is 0.180 e. The van der Waals surface area contributed by atoms with Crippen LogP contribution in [0.25, 0.3) is 11.1 Å². The summed E-state index contributed by atoms with van der Waals surface area (Å²) in [5.41, 5.74) is 10.2. The number of rotatable bonds is 4. The number of anilines is 3. The third kappa shape index (κ3) is 4.88. The summed E-state index contributed by atoms with van der Waals surface area (Å²) in [6.45, 7) is 0. The van der Waals surface area contributed by atoms with Crippen LogP contribution in [-0.4, -0.2) is 8.07 Å². The summed E-state index contributed by atoms with van der Waals surface area (Å²) in [6.07, 6.45) is 0.